The van der Waals surface area contributed by atoms with E-state index in [1.54, 1.807) is 21.3 Å². The third kappa shape index (κ3) is 6.61. The van der Waals surface area contributed by atoms with Crippen LogP contribution in [-0.4, -0.2) is 35.7 Å². The number of aromatic nitrogens is 5. The van der Waals surface area contributed by atoms with Gasteiger partial charge in [0, 0.05) is 57.5 Å². The zero-order valence-corrected chi connectivity index (χ0v) is 32.1. The van der Waals surface area contributed by atoms with Crippen LogP contribution in [0.25, 0.3) is 33.8 Å². The van der Waals surface area contributed by atoms with Gasteiger partial charge >= 0.3 is 0 Å². The molecule has 3 heterocycles. The number of nitrogens with two attached hydrogens (primary N) is 1. The molecule has 0 radical (unpaired) electrons. The minimum atomic E-state index is -0.536. The van der Waals surface area contributed by atoms with Crippen molar-refractivity contribution in [1.82, 2.24) is 24.1 Å². The SMILES string of the molecule is C=CCn1c(SCc2cccc(-c3cccc4c3CC(C)(C)c3c-4nc(SCC(N)=O)n(CC=C)c3=O)n2)nc2c(c1=O)C(C)(C)Cc1ccccc1-2. The third-order valence-electron chi connectivity index (χ3n) is 9.98. The molecule has 2 N–H and O–H groups in total. The van der Waals surface area contributed by atoms with Gasteiger partial charge < -0.3 is 5.73 Å². The number of carbonyl (C=O) groups excluding carboxylic acids is 1. The molecule has 0 saturated carbocycles. The first-order valence-electron chi connectivity index (χ1n) is 17.6. The molecule has 0 unspecified atom stereocenters. The number of thioether (sulfide) groups is 2. The number of primary amides is 1. The lowest BCUT2D eigenvalue weighted by molar-refractivity contribution is -0.115. The maximum Gasteiger partial charge on any atom is 0.258 e. The zero-order chi connectivity index (χ0) is 37.7. The second-order valence-electron chi connectivity index (χ2n) is 14.8. The van der Waals surface area contributed by atoms with Gasteiger partial charge in [-0.15, -0.1) is 13.2 Å². The summed E-state index contributed by atoms with van der Waals surface area (Å²) in [5.41, 5.74) is 13.9. The van der Waals surface area contributed by atoms with Crippen LogP contribution in [0.5, 0.6) is 0 Å². The van der Waals surface area contributed by atoms with Crippen molar-refractivity contribution in [2.75, 3.05) is 5.75 Å². The molecule has 0 spiro atoms. The van der Waals surface area contributed by atoms with E-state index < -0.39 is 11.3 Å². The number of rotatable bonds is 11. The molecule has 270 valence electrons. The predicted molar refractivity (Wildman–Crippen MR) is 214 cm³/mol. The molecule has 0 atom stereocenters. The number of amides is 1. The third-order valence-corrected chi connectivity index (χ3v) is 12.0. The van der Waals surface area contributed by atoms with Gasteiger partial charge in [0.15, 0.2) is 10.3 Å². The molecule has 2 aliphatic rings. The fraction of sp³-hybridized carbons (Fsp3) is 0.286. The summed E-state index contributed by atoms with van der Waals surface area (Å²) in [7, 11) is 0. The summed E-state index contributed by atoms with van der Waals surface area (Å²) in [6.07, 6.45) is 4.77. The quantitative estimate of drug-likeness (QED) is 0.0863. The molecule has 3 aromatic heterocycles. The van der Waals surface area contributed by atoms with E-state index in [-0.39, 0.29) is 28.8 Å². The van der Waals surface area contributed by atoms with Gasteiger partial charge in [-0.3, -0.25) is 28.5 Å². The molecule has 9 nitrogen and oxygen atoms in total. The van der Waals surface area contributed by atoms with Gasteiger partial charge in [0.2, 0.25) is 5.91 Å². The second kappa shape index (κ2) is 14.1. The highest BCUT2D eigenvalue weighted by atomic mass is 32.2. The largest absolute Gasteiger partial charge is 0.369 e. The summed E-state index contributed by atoms with van der Waals surface area (Å²) < 4.78 is 3.31. The Hall–Kier alpha value is -5.00. The van der Waals surface area contributed by atoms with Gasteiger partial charge in [-0.05, 0) is 36.1 Å². The van der Waals surface area contributed by atoms with Crippen LogP contribution in [0.1, 0.15) is 55.6 Å². The van der Waals surface area contributed by atoms with Crippen LogP contribution in [0.2, 0.25) is 0 Å². The van der Waals surface area contributed by atoms with Gasteiger partial charge in [-0.25, -0.2) is 9.97 Å². The lowest BCUT2D eigenvalue weighted by Crippen LogP contribution is -2.38. The Bertz CT molecular complexity index is 2450. The van der Waals surface area contributed by atoms with Gasteiger partial charge in [-0.1, -0.05) is 112 Å². The number of pyridine rings is 1. The van der Waals surface area contributed by atoms with E-state index >= 15 is 0 Å². The van der Waals surface area contributed by atoms with E-state index in [0.717, 1.165) is 63.1 Å². The number of carbonyl (C=O) groups is 1. The van der Waals surface area contributed by atoms with Gasteiger partial charge in [0.25, 0.3) is 11.1 Å². The average Bonchev–Trinajstić information content (AvgIpc) is 3.11. The Morgan fingerprint density at radius 3 is 1.98 bits per heavy atom. The molecule has 0 aliphatic heterocycles. The zero-order valence-electron chi connectivity index (χ0n) is 30.4. The predicted octanol–water partition coefficient (Wildman–Crippen LogP) is 7.11. The molecular formula is C42H42N6O3S2. The maximum absolute atomic E-state index is 14.1. The molecule has 0 fully saturated rings. The van der Waals surface area contributed by atoms with Crippen molar-refractivity contribution in [2.24, 2.45) is 5.73 Å². The number of benzene rings is 2. The van der Waals surface area contributed by atoms with Crippen molar-refractivity contribution in [3.63, 3.8) is 0 Å². The highest BCUT2D eigenvalue weighted by Crippen LogP contribution is 2.45. The Morgan fingerprint density at radius 2 is 1.32 bits per heavy atom. The van der Waals surface area contributed by atoms with E-state index in [1.807, 2.05) is 42.5 Å². The maximum atomic E-state index is 14.1. The van der Waals surface area contributed by atoms with Crippen molar-refractivity contribution in [2.45, 2.75) is 80.5 Å². The average molecular weight is 743 g/mol. The number of fused-ring (bicyclic) bond motifs is 6. The van der Waals surface area contributed by atoms with Crippen molar-refractivity contribution in [3.05, 3.63) is 135 Å². The van der Waals surface area contributed by atoms with E-state index in [1.165, 1.54) is 17.3 Å². The lowest BCUT2D eigenvalue weighted by atomic mass is 9.71. The minimum absolute atomic E-state index is 0.00333. The topological polar surface area (TPSA) is 126 Å². The van der Waals surface area contributed by atoms with Crippen LogP contribution in [0.3, 0.4) is 0 Å². The molecule has 7 rings (SSSR count). The summed E-state index contributed by atoms with van der Waals surface area (Å²) in [4.78, 5) is 55.2. The van der Waals surface area contributed by atoms with E-state index in [4.69, 9.17) is 20.7 Å². The summed E-state index contributed by atoms with van der Waals surface area (Å²) in [6, 6.07) is 20.2. The molecular weight excluding hydrogens is 701 g/mol. The first kappa shape index (κ1) is 36.4. The highest BCUT2D eigenvalue weighted by Gasteiger charge is 2.38. The van der Waals surface area contributed by atoms with Crippen LogP contribution in [0.4, 0.5) is 0 Å². The van der Waals surface area contributed by atoms with Crippen molar-refractivity contribution in [3.8, 4) is 33.8 Å². The van der Waals surface area contributed by atoms with Gasteiger partial charge in [-0.2, -0.15) is 0 Å². The number of hydrogen-bond acceptors (Lipinski definition) is 8. The summed E-state index contributed by atoms with van der Waals surface area (Å²) in [6.45, 7) is 16.7. The number of allylic oxidation sites excluding steroid dienone is 2. The first-order chi connectivity index (χ1) is 25.3. The number of nitrogens with zero attached hydrogens (tertiary/aromatic N) is 5. The normalized spacial score (nSPS) is 14.7. The van der Waals surface area contributed by atoms with Crippen LogP contribution >= 0.6 is 23.5 Å². The van der Waals surface area contributed by atoms with E-state index in [0.29, 0.717) is 40.3 Å². The van der Waals surface area contributed by atoms with Gasteiger partial charge in [0.1, 0.15) is 0 Å². The molecule has 0 bridgehead atoms. The van der Waals surface area contributed by atoms with Crippen molar-refractivity contribution >= 4 is 29.4 Å². The van der Waals surface area contributed by atoms with E-state index in [9.17, 15) is 14.4 Å². The van der Waals surface area contributed by atoms with Crippen LogP contribution in [-0.2, 0) is 47.3 Å². The molecule has 5 aromatic rings. The van der Waals surface area contributed by atoms with Crippen LogP contribution in [0.15, 0.2) is 106 Å². The molecule has 53 heavy (non-hydrogen) atoms. The van der Waals surface area contributed by atoms with Crippen molar-refractivity contribution in [1.29, 1.82) is 0 Å². The molecule has 2 aliphatic carbocycles. The smallest absolute Gasteiger partial charge is 0.258 e. The Kier molecular flexibility index (Phi) is 9.67. The second-order valence-corrected chi connectivity index (χ2v) is 16.7. The monoisotopic (exact) mass is 742 g/mol. The molecule has 1 amide bonds. The highest BCUT2D eigenvalue weighted by molar-refractivity contribution is 7.99. The van der Waals surface area contributed by atoms with Gasteiger partial charge in [0.05, 0.1) is 28.5 Å². The molecule has 0 saturated heterocycles. The Morgan fingerprint density at radius 1 is 0.755 bits per heavy atom. The summed E-state index contributed by atoms with van der Waals surface area (Å²) in [5, 5.41) is 1.05. The fourth-order valence-electron chi connectivity index (χ4n) is 7.70. The summed E-state index contributed by atoms with van der Waals surface area (Å²) in [5.74, 6) is 0.0126. The standard InChI is InChI=1S/C42H42N6O3S2/c1-7-19-47-37(50)33-35(27-15-10-9-13-25(27)21-41(33,3)4)45-39(47)52-23-26-14-11-18-31(44-26)28-16-12-17-29-30(28)22-42(5,6)34-36(29)46-40(53-24-32(43)49)48(20-8-2)38(34)51/h7-18H,1-2,19-24H2,3-6H3,(H2,43,49). The molecule has 11 heteroatoms. The van der Waals surface area contributed by atoms with Crippen LogP contribution < -0.4 is 16.9 Å². The first-order valence-corrected chi connectivity index (χ1v) is 19.5. The minimum Gasteiger partial charge on any atom is -0.369 e. The number of hydrogen-bond donors (Lipinski definition) is 1. The Balaban J connectivity index is 1.27. The lowest BCUT2D eigenvalue weighted by Gasteiger charge is -2.34. The van der Waals surface area contributed by atoms with Crippen LogP contribution in [0, 0.1) is 0 Å². The van der Waals surface area contributed by atoms with E-state index in [2.05, 4.69) is 59.1 Å². The fourth-order valence-corrected chi connectivity index (χ4v) is 9.35. The molecule has 2 aromatic carbocycles. The Labute approximate surface area is 317 Å². The summed E-state index contributed by atoms with van der Waals surface area (Å²) >= 11 is 2.65. The van der Waals surface area contributed by atoms with Crippen molar-refractivity contribution < 1.29 is 4.79 Å².